The van der Waals surface area contributed by atoms with Gasteiger partial charge >= 0.3 is 17.8 Å². The van der Waals surface area contributed by atoms with Gasteiger partial charge in [0.15, 0.2) is 0 Å². The molecule has 2 aromatic rings. The minimum absolute atomic E-state index is 0.0190. The van der Waals surface area contributed by atoms with Gasteiger partial charge in [-0.05, 0) is 25.8 Å². The molecule has 0 N–H and O–H groups in total. The monoisotopic (exact) mass is 406 g/mol. The summed E-state index contributed by atoms with van der Waals surface area (Å²) >= 11 is 0.823. The third kappa shape index (κ3) is 4.42. The number of aryl methyl sites for hydroxylation is 2. The van der Waals surface area contributed by atoms with Crippen LogP contribution in [-0.2, 0) is 17.8 Å². The summed E-state index contributed by atoms with van der Waals surface area (Å²) in [4.78, 5) is 37.6. The van der Waals surface area contributed by atoms with Crippen LogP contribution in [-0.4, -0.2) is 27.9 Å². The van der Waals surface area contributed by atoms with Crippen LogP contribution in [0.1, 0.15) is 48.3 Å². The highest BCUT2D eigenvalue weighted by Crippen LogP contribution is 2.29. The van der Waals surface area contributed by atoms with Crippen LogP contribution in [0.15, 0.2) is 9.59 Å². The summed E-state index contributed by atoms with van der Waals surface area (Å²) in [6, 6.07) is 0. The van der Waals surface area contributed by atoms with Crippen LogP contribution < -0.4 is 11.2 Å². The number of hydrogen-bond donors (Lipinski definition) is 0. The summed E-state index contributed by atoms with van der Waals surface area (Å²) in [6.45, 7) is 4.64. The van der Waals surface area contributed by atoms with Gasteiger partial charge in [-0.15, -0.1) is 11.3 Å². The van der Waals surface area contributed by atoms with E-state index in [1.54, 1.807) is 6.92 Å². The van der Waals surface area contributed by atoms with Gasteiger partial charge in [0, 0.05) is 13.1 Å². The minimum Gasteiger partial charge on any atom is -0.462 e. The standard InChI is InChI=1S/C17H21F3N2O4S/c1-4-6-9-26-15(24)12-10(3)11-13(23)21(5-2)16(25)22(14(11)27-12)8-7-17(18,19)20/h4-9H2,1-3H3. The summed E-state index contributed by atoms with van der Waals surface area (Å²) in [7, 11) is 0. The molecule has 2 aromatic heterocycles. The Hall–Kier alpha value is -2.10. The molecule has 0 aliphatic carbocycles. The lowest BCUT2D eigenvalue weighted by Gasteiger charge is -2.12. The average molecular weight is 406 g/mol. The van der Waals surface area contributed by atoms with Crippen molar-refractivity contribution in [3.8, 4) is 0 Å². The van der Waals surface area contributed by atoms with E-state index in [0.717, 1.165) is 26.9 Å². The Balaban J connectivity index is 2.63. The van der Waals surface area contributed by atoms with Gasteiger partial charge in [-0.3, -0.25) is 13.9 Å². The number of rotatable bonds is 7. The molecule has 0 aliphatic rings. The zero-order valence-electron chi connectivity index (χ0n) is 15.3. The molecule has 0 aromatic carbocycles. The van der Waals surface area contributed by atoms with E-state index in [-0.39, 0.29) is 28.2 Å². The molecule has 0 amide bonds. The average Bonchev–Trinajstić information content (AvgIpc) is 2.92. The van der Waals surface area contributed by atoms with Crippen LogP contribution in [0.3, 0.4) is 0 Å². The summed E-state index contributed by atoms with van der Waals surface area (Å²) in [5, 5.41) is 0.0890. The summed E-state index contributed by atoms with van der Waals surface area (Å²) < 4.78 is 45.0. The first-order chi connectivity index (χ1) is 12.6. The maximum absolute atomic E-state index is 12.7. The highest BCUT2D eigenvalue weighted by atomic mass is 32.1. The fourth-order valence-corrected chi connectivity index (χ4v) is 3.89. The number of ether oxygens (including phenoxy) is 1. The molecule has 2 rings (SSSR count). The van der Waals surface area contributed by atoms with Crippen molar-refractivity contribution in [3.05, 3.63) is 31.3 Å². The van der Waals surface area contributed by atoms with Gasteiger partial charge in [-0.2, -0.15) is 13.2 Å². The Labute approximate surface area is 157 Å². The van der Waals surface area contributed by atoms with Crippen molar-refractivity contribution in [3.63, 3.8) is 0 Å². The molecule has 0 fully saturated rings. The maximum Gasteiger partial charge on any atom is 0.390 e. The third-order valence-corrected chi connectivity index (χ3v) is 5.44. The van der Waals surface area contributed by atoms with Crippen LogP contribution in [0.2, 0.25) is 0 Å². The van der Waals surface area contributed by atoms with Crippen molar-refractivity contribution >= 4 is 27.5 Å². The number of nitrogens with zero attached hydrogens (tertiary/aromatic N) is 2. The van der Waals surface area contributed by atoms with Gasteiger partial charge in [0.1, 0.15) is 9.71 Å². The van der Waals surface area contributed by atoms with E-state index in [1.165, 1.54) is 6.92 Å². The van der Waals surface area contributed by atoms with E-state index >= 15 is 0 Å². The lowest BCUT2D eigenvalue weighted by Crippen LogP contribution is -2.39. The number of unbranched alkanes of at least 4 members (excludes halogenated alkanes) is 1. The van der Waals surface area contributed by atoms with Crippen molar-refractivity contribution < 1.29 is 22.7 Å². The van der Waals surface area contributed by atoms with Crippen molar-refractivity contribution in [1.82, 2.24) is 9.13 Å². The van der Waals surface area contributed by atoms with Gasteiger partial charge in [0.2, 0.25) is 0 Å². The molecule has 10 heteroatoms. The van der Waals surface area contributed by atoms with E-state index in [1.807, 2.05) is 6.92 Å². The third-order valence-electron chi connectivity index (χ3n) is 4.15. The quantitative estimate of drug-likeness (QED) is 0.522. The number of fused-ring (bicyclic) bond motifs is 1. The van der Waals surface area contributed by atoms with Gasteiger partial charge in [0.05, 0.1) is 18.4 Å². The van der Waals surface area contributed by atoms with Gasteiger partial charge in [0.25, 0.3) is 5.56 Å². The van der Waals surface area contributed by atoms with Crippen molar-refractivity contribution in [2.45, 2.75) is 59.3 Å². The summed E-state index contributed by atoms with van der Waals surface area (Å²) in [5.41, 5.74) is -1.10. The van der Waals surface area contributed by atoms with Crippen LogP contribution in [0.5, 0.6) is 0 Å². The van der Waals surface area contributed by atoms with Crippen molar-refractivity contribution in [2.24, 2.45) is 0 Å². The molecule has 0 radical (unpaired) electrons. The molecular formula is C17H21F3N2O4S. The first kappa shape index (κ1) is 21.2. The molecule has 0 spiro atoms. The largest absolute Gasteiger partial charge is 0.462 e. The van der Waals surface area contributed by atoms with Gasteiger partial charge < -0.3 is 4.74 Å². The van der Waals surface area contributed by atoms with E-state index in [0.29, 0.717) is 12.0 Å². The Morgan fingerprint density at radius 3 is 2.41 bits per heavy atom. The number of carbonyl (C=O) groups is 1. The topological polar surface area (TPSA) is 70.3 Å². The molecule has 150 valence electrons. The van der Waals surface area contributed by atoms with Crippen LogP contribution in [0.25, 0.3) is 10.2 Å². The summed E-state index contributed by atoms with van der Waals surface area (Å²) in [6.07, 6.45) is -4.16. The first-order valence-electron chi connectivity index (χ1n) is 8.63. The fraction of sp³-hybridized carbons (Fsp3) is 0.588. The fourth-order valence-electron chi connectivity index (χ4n) is 2.68. The van der Waals surface area contributed by atoms with E-state index < -0.39 is 36.4 Å². The zero-order chi connectivity index (χ0) is 20.4. The molecule has 0 saturated heterocycles. The molecule has 27 heavy (non-hydrogen) atoms. The molecule has 6 nitrogen and oxygen atoms in total. The highest BCUT2D eigenvalue weighted by molar-refractivity contribution is 7.20. The first-order valence-corrected chi connectivity index (χ1v) is 9.44. The lowest BCUT2D eigenvalue weighted by molar-refractivity contribution is -0.136. The van der Waals surface area contributed by atoms with Crippen LogP contribution >= 0.6 is 11.3 Å². The minimum atomic E-state index is -4.45. The predicted molar refractivity (Wildman–Crippen MR) is 96.6 cm³/mol. The molecule has 0 unspecified atom stereocenters. The number of alkyl halides is 3. The van der Waals surface area contributed by atoms with Crippen LogP contribution in [0, 0.1) is 6.92 Å². The Morgan fingerprint density at radius 1 is 1.19 bits per heavy atom. The number of carbonyl (C=O) groups excluding carboxylic acids is 1. The molecule has 2 heterocycles. The van der Waals surface area contributed by atoms with Gasteiger partial charge in [-0.1, -0.05) is 13.3 Å². The zero-order valence-corrected chi connectivity index (χ0v) is 16.1. The SMILES string of the molecule is CCCCOC(=O)c1sc2c(c1C)c(=O)n(CC)c(=O)n2CCC(F)(F)F. The predicted octanol–water partition coefficient (Wildman–Crippen LogP) is 3.46. The number of halogens is 3. The normalized spacial score (nSPS) is 11.9. The second-order valence-electron chi connectivity index (χ2n) is 6.07. The number of hydrogen-bond acceptors (Lipinski definition) is 5. The molecular weight excluding hydrogens is 385 g/mol. The second kappa shape index (κ2) is 8.28. The van der Waals surface area contributed by atoms with E-state index in [9.17, 15) is 27.6 Å². The Kier molecular flexibility index (Phi) is 6.50. The van der Waals surface area contributed by atoms with Crippen molar-refractivity contribution in [1.29, 1.82) is 0 Å². The molecule has 0 saturated carbocycles. The molecule has 0 bridgehead atoms. The molecule has 0 atom stereocenters. The Bertz CT molecular complexity index is 956. The number of aromatic nitrogens is 2. The number of thiophene rings is 1. The summed E-state index contributed by atoms with van der Waals surface area (Å²) in [5.74, 6) is -0.639. The number of esters is 1. The van der Waals surface area contributed by atoms with Crippen LogP contribution in [0.4, 0.5) is 13.2 Å². The highest BCUT2D eigenvalue weighted by Gasteiger charge is 2.29. The van der Waals surface area contributed by atoms with E-state index in [4.69, 9.17) is 4.74 Å². The lowest BCUT2D eigenvalue weighted by atomic mass is 10.2. The molecule has 0 aliphatic heterocycles. The second-order valence-corrected chi connectivity index (χ2v) is 7.07. The smallest absolute Gasteiger partial charge is 0.390 e. The maximum atomic E-state index is 12.7. The van der Waals surface area contributed by atoms with Crippen molar-refractivity contribution in [2.75, 3.05) is 6.61 Å². The Morgan fingerprint density at radius 2 is 1.85 bits per heavy atom. The van der Waals surface area contributed by atoms with E-state index in [2.05, 4.69) is 0 Å². The van der Waals surface area contributed by atoms with Gasteiger partial charge in [-0.25, -0.2) is 9.59 Å².